The molecule has 85 heavy (non-hydrogen) atoms. The summed E-state index contributed by atoms with van der Waals surface area (Å²) in [6.45, 7) is 6.63. The second-order valence-corrected chi connectivity index (χ2v) is 10.5. The Labute approximate surface area is 485 Å². The maximum Gasteiger partial charge on any atom is 0 e. The van der Waals surface area contributed by atoms with Crippen LogP contribution in [-0.2, 0) is 0 Å². The minimum absolute atomic E-state index is 2.37. The van der Waals surface area contributed by atoms with Crippen molar-refractivity contribution in [2.24, 2.45) is 0 Å². The van der Waals surface area contributed by atoms with Crippen LogP contribution in [0.25, 0.3) is 0 Å². The lowest BCUT2D eigenvalue weighted by Gasteiger charge is -1.41. The Morgan fingerprint density at radius 2 is 0.0941 bits per heavy atom. The summed E-state index contributed by atoms with van der Waals surface area (Å²) in [6, 6.07) is 0. The van der Waals surface area contributed by atoms with Crippen molar-refractivity contribution in [2.45, 2.75) is 0 Å². The van der Waals surface area contributed by atoms with Crippen molar-refractivity contribution < 1.29 is 0 Å². The van der Waals surface area contributed by atoms with Gasteiger partial charge >= 0.3 is 0 Å². The molecule has 0 unspecified atom stereocenters. The molecule has 0 aliphatic rings. The Morgan fingerprint density at radius 3 is 0.129 bits per heavy atom. The third kappa shape index (κ3) is 65.5. The Hall–Kier alpha value is -18.5. The van der Waals surface area contributed by atoms with Crippen LogP contribution in [0, 0.1) is 0 Å². The Bertz CT molecular complexity index is 6160. The smallest absolute Gasteiger partial charge is 0 e. The van der Waals surface area contributed by atoms with Crippen LogP contribution in [0.1, 0.15) is 0 Å². The van der Waals surface area contributed by atoms with E-state index in [2.05, 4.69) is 489 Å². The molecule has 0 nitrogen and oxygen atoms in total. The monoisotopic (exact) mass is 1020 g/mol. The average molecular weight is 1020 g/mol. The summed E-state index contributed by atoms with van der Waals surface area (Å²) in [6.07, 6.45) is 0. The van der Waals surface area contributed by atoms with E-state index in [0.29, 0.717) is 0 Å². The van der Waals surface area contributed by atoms with Gasteiger partial charge in [0.1, 0.15) is 0 Å². The number of hydrogen-bond donors (Lipinski definition) is 0. The van der Waals surface area contributed by atoms with Crippen molar-refractivity contribution >= 4 is 0 Å². The standard InChI is InChI=1S/C85H4/c1-3-5-7-9-11-13-15-17-19-21-23-25-27-29-31-33-35-37-39-41-43-45-47-49-51-53-55-57-59-61-63-65-67-69-71-73-75-77-79-81-83-85-84-82-80-78-76-74-72-70-68-66-64-62-60-58-56-54-52-50-48-46-44-42-40-38-36-34-32-30-28-26-24-22-20-18-16-14-12-10-8-6-4-2/h1-2H2. The summed E-state index contributed by atoms with van der Waals surface area (Å²) in [5, 5.41) is 0. The highest BCUT2D eigenvalue weighted by atomic mass is 13.5. The van der Waals surface area contributed by atoms with Gasteiger partial charge in [-0.25, -0.2) is 0 Å². The van der Waals surface area contributed by atoms with Gasteiger partial charge in [0.05, 0.1) is 0 Å². The van der Waals surface area contributed by atoms with E-state index in [1.54, 1.807) is 0 Å². The fourth-order valence-electron chi connectivity index (χ4n) is 2.56. The van der Waals surface area contributed by atoms with Gasteiger partial charge in [-0.2, -0.15) is 0 Å². The second-order valence-electron chi connectivity index (χ2n) is 10.5. The van der Waals surface area contributed by atoms with Crippen LogP contribution in [0.15, 0.2) is 489 Å². The second kappa shape index (κ2) is 65.5. The van der Waals surface area contributed by atoms with Gasteiger partial charge in [-0.1, -0.05) is 11.5 Å². The van der Waals surface area contributed by atoms with Crippen molar-refractivity contribution in [3.63, 3.8) is 0 Å². The van der Waals surface area contributed by atoms with Crippen LogP contribution in [0.3, 0.4) is 0 Å². The zero-order valence-corrected chi connectivity index (χ0v) is 42.9. The van der Waals surface area contributed by atoms with E-state index in [9.17, 15) is 0 Å². The van der Waals surface area contributed by atoms with Crippen molar-refractivity contribution in [1.82, 2.24) is 0 Å². The fraction of sp³-hybridized carbons (Fsp3) is 0. The predicted octanol–water partition coefficient (Wildman–Crippen LogP) is 13.7. The molecule has 0 rings (SSSR count). The highest BCUT2D eigenvalue weighted by molar-refractivity contribution is 5.00. The molecule has 0 amide bonds. The van der Waals surface area contributed by atoms with Crippen LogP contribution in [0.5, 0.6) is 0 Å². The first kappa shape index (κ1) is 66.5. The van der Waals surface area contributed by atoms with Crippen molar-refractivity contribution in [1.29, 1.82) is 0 Å². The molecule has 0 aromatic rings. The van der Waals surface area contributed by atoms with Gasteiger partial charge in [-0.3, -0.25) is 0 Å². The summed E-state index contributed by atoms with van der Waals surface area (Å²) < 4.78 is 0. The van der Waals surface area contributed by atoms with Gasteiger partial charge in [0.2, 0.25) is 0 Å². The molecule has 0 aliphatic carbocycles. The molecule has 0 saturated carbocycles. The normalized spacial score (nSPS) is 3.95. The largest absolute Gasteiger partial charge is 0.0687 e. The molecular formula is C85H4. The van der Waals surface area contributed by atoms with E-state index in [4.69, 9.17) is 0 Å². The van der Waals surface area contributed by atoms with E-state index in [1.807, 2.05) is 0 Å². The third-order valence-corrected chi connectivity index (χ3v) is 5.18. The van der Waals surface area contributed by atoms with E-state index in [0.717, 1.165) is 0 Å². The van der Waals surface area contributed by atoms with Crippen LogP contribution in [0.4, 0.5) is 0 Å². The summed E-state index contributed by atoms with van der Waals surface area (Å²) >= 11 is 0. The first-order valence-electron chi connectivity index (χ1n) is 21.2. The van der Waals surface area contributed by atoms with E-state index in [1.165, 1.54) is 0 Å². The van der Waals surface area contributed by atoms with Crippen LogP contribution < -0.4 is 0 Å². The Balaban J connectivity index is 6.16. The average Bonchev–Trinajstić information content (AvgIpc) is 3.51. The van der Waals surface area contributed by atoms with Crippen molar-refractivity contribution in [3.8, 4) is 0 Å². The maximum absolute atomic E-state index is 3.32. The van der Waals surface area contributed by atoms with E-state index in [-0.39, 0.29) is 0 Å². The lowest BCUT2D eigenvalue weighted by molar-refractivity contribution is 2.10. The van der Waals surface area contributed by atoms with Crippen LogP contribution in [0.2, 0.25) is 0 Å². The molecule has 0 fully saturated rings. The summed E-state index contributed by atoms with van der Waals surface area (Å²) in [5.74, 6) is 0. The summed E-state index contributed by atoms with van der Waals surface area (Å²) in [7, 11) is 0. The molecule has 0 heterocycles. The highest BCUT2D eigenvalue weighted by Gasteiger charge is 1.49. The Kier molecular flexibility index (Phi) is 51.2. The van der Waals surface area contributed by atoms with Crippen LogP contribution in [-0.4, -0.2) is 0 Å². The molecule has 0 aromatic heterocycles. The molecule has 0 radical (unpaired) electrons. The number of rotatable bonds is 0. The Morgan fingerprint density at radius 1 is 0.0588 bits per heavy atom. The van der Waals surface area contributed by atoms with Gasteiger partial charge in [0.25, 0.3) is 0 Å². The van der Waals surface area contributed by atoms with Gasteiger partial charge in [-0.05, 0) is 105 Å². The van der Waals surface area contributed by atoms with E-state index < -0.39 is 0 Å². The minimum atomic E-state index is 2.37. The van der Waals surface area contributed by atoms with Crippen molar-refractivity contribution in [3.05, 3.63) is 489 Å². The topological polar surface area (TPSA) is 0 Å². The van der Waals surface area contributed by atoms with Gasteiger partial charge in [0, 0.05) is 373 Å². The fourth-order valence-corrected chi connectivity index (χ4v) is 2.56. The van der Waals surface area contributed by atoms with Crippen molar-refractivity contribution in [2.75, 3.05) is 0 Å². The molecular weight excluding hydrogens is 1020 g/mol. The molecule has 344 valence electrons. The number of hydrogen-bond acceptors (Lipinski definition) is 0. The zero-order chi connectivity index (χ0) is 60.7. The summed E-state index contributed by atoms with van der Waals surface area (Å²) in [5.41, 5.74) is 207. The maximum atomic E-state index is 3.32. The van der Waals surface area contributed by atoms with E-state index >= 15 is 0 Å². The van der Waals surface area contributed by atoms with Gasteiger partial charge < -0.3 is 0 Å². The van der Waals surface area contributed by atoms with Crippen LogP contribution >= 0.6 is 0 Å². The highest BCUT2D eigenvalue weighted by Crippen LogP contribution is 1.65. The lowest BCUT2D eigenvalue weighted by atomic mass is 10.6. The first-order valence-corrected chi connectivity index (χ1v) is 21.2. The summed E-state index contributed by atoms with van der Waals surface area (Å²) in [4.78, 5) is 0. The molecule has 0 spiro atoms. The lowest BCUT2D eigenvalue weighted by Crippen LogP contribution is -1.26. The minimum Gasteiger partial charge on any atom is -0.0687 e. The quantitative estimate of drug-likeness (QED) is 0.212. The molecule has 0 saturated heterocycles. The van der Waals surface area contributed by atoms with Gasteiger partial charge in [-0.15, -0.1) is 0 Å². The predicted molar refractivity (Wildman–Crippen MR) is 303 cm³/mol. The third-order valence-electron chi connectivity index (χ3n) is 5.18. The molecule has 0 atom stereocenters. The zero-order valence-electron chi connectivity index (χ0n) is 42.9. The van der Waals surface area contributed by atoms with Gasteiger partial charge in [0.15, 0.2) is 0 Å². The molecule has 0 aromatic carbocycles. The molecule has 0 aliphatic heterocycles. The molecule has 0 heteroatoms. The molecule has 0 bridgehead atoms. The molecule has 0 N–H and O–H groups in total. The SMILES string of the molecule is C=C=C=C=C=C=C=C=C=C=C=C=C=C=C=C=C=C=C=C=C=C=C=C=C=C=C=C=C=C=C=C=C=C=C=C=C=C=C=C=C=C=C=C=C=C=C=C=C=C=C=C=C=C=C=C=C=C=C=C=C=C=C=C=C=C=C=C=C=C=C=C=C=C=C=C=C=C=C=C=C=C=C=C=C. The first-order chi connectivity index (χ1) is 42.4.